The Kier molecular flexibility index (Phi) is 6.28. The number of hydrogen-bond donors (Lipinski definition) is 2. The molecule has 1 aliphatic rings. The van der Waals surface area contributed by atoms with Gasteiger partial charge in [-0.2, -0.15) is 5.10 Å². The van der Waals surface area contributed by atoms with Crippen LogP contribution in [0.1, 0.15) is 48.3 Å². The Balaban J connectivity index is 2.05. The summed E-state index contributed by atoms with van der Waals surface area (Å²) in [5, 5.41) is 5.68. The maximum Gasteiger partial charge on any atom is 0.241 e. The van der Waals surface area contributed by atoms with Crippen molar-refractivity contribution in [2.24, 2.45) is 0 Å². The second kappa shape index (κ2) is 8.05. The summed E-state index contributed by atoms with van der Waals surface area (Å²) in [6.07, 6.45) is 3.84. The summed E-state index contributed by atoms with van der Waals surface area (Å²) < 4.78 is 42.0. The minimum atomic E-state index is -3.62. The SMILES string of the molecule is CNC(=O)Cn1nc(C(=O)CNS(=O)(=O)C2CCCCC2)c(F)c1C. The first-order chi connectivity index (χ1) is 11.8. The van der Waals surface area contributed by atoms with E-state index in [-0.39, 0.29) is 18.1 Å². The third-order valence-corrected chi connectivity index (χ3v) is 6.29. The summed E-state index contributed by atoms with van der Waals surface area (Å²) in [6, 6.07) is 0. The number of aromatic nitrogens is 2. The molecule has 1 fully saturated rings. The first-order valence-electron chi connectivity index (χ1n) is 8.21. The largest absolute Gasteiger partial charge is 0.358 e. The predicted molar refractivity (Wildman–Crippen MR) is 89.1 cm³/mol. The molecule has 0 saturated heterocycles. The second-order valence-corrected chi connectivity index (χ2v) is 8.17. The Bertz CT molecular complexity index is 754. The van der Waals surface area contributed by atoms with Gasteiger partial charge in [-0.05, 0) is 19.8 Å². The van der Waals surface area contributed by atoms with E-state index < -0.39 is 39.1 Å². The highest BCUT2D eigenvalue weighted by Crippen LogP contribution is 2.23. The Labute approximate surface area is 146 Å². The van der Waals surface area contributed by atoms with E-state index in [1.807, 2.05) is 0 Å². The highest BCUT2D eigenvalue weighted by molar-refractivity contribution is 7.90. The molecule has 10 heteroatoms. The molecule has 1 saturated carbocycles. The fourth-order valence-corrected chi connectivity index (χ4v) is 4.34. The fourth-order valence-electron chi connectivity index (χ4n) is 2.81. The van der Waals surface area contributed by atoms with Crippen molar-refractivity contribution in [1.82, 2.24) is 19.8 Å². The highest BCUT2D eigenvalue weighted by atomic mass is 32.2. The number of halogens is 1. The standard InChI is InChI=1S/C15H23FN4O4S/c1-10-14(16)15(19-20(10)9-13(22)17-2)12(21)8-18-25(23,24)11-6-4-3-5-7-11/h11,18H,3-9H2,1-2H3,(H,17,22). The van der Waals surface area contributed by atoms with Crippen LogP contribution >= 0.6 is 0 Å². The Morgan fingerprint density at radius 2 is 1.92 bits per heavy atom. The van der Waals surface area contributed by atoms with Gasteiger partial charge >= 0.3 is 0 Å². The molecule has 0 bridgehead atoms. The van der Waals surface area contributed by atoms with Crippen LogP contribution < -0.4 is 10.0 Å². The van der Waals surface area contributed by atoms with Gasteiger partial charge in [-0.25, -0.2) is 17.5 Å². The minimum absolute atomic E-state index is 0.0436. The molecule has 0 spiro atoms. The van der Waals surface area contributed by atoms with Gasteiger partial charge in [-0.15, -0.1) is 0 Å². The van der Waals surface area contributed by atoms with Gasteiger partial charge in [0.25, 0.3) is 0 Å². The maximum absolute atomic E-state index is 14.2. The van der Waals surface area contributed by atoms with Crippen LogP contribution in [0.15, 0.2) is 0 Å². The Morgan fingerprint density at radius 3 is 2.52 bits per heavy atom. The average molecular weight is 374 g/mol. The number of ketones is 1. The predicted octanol–water partition coefficient (Wildman–Crippen LogP) is 0.511. The van der Waals surface area contributed by atoms with Gasteiger partial charge in [0.2, 0.25) is 21.7 Å². The van der Waals surface area contributed by atoms with Crippen LogP contribution in [-0.4, -0.2) is 48.7 Å². The Hall–Kier alpha value is -1.81. The molecule has 1 amide bonds. The molecule has 0 aliphatic heterocycles. The van der Waals surface area contributed by atoms with Crippen LogP contribution in [0.3, 0.4) is 0 Å². The molecular formula is C15H23FN4O4S. The van der Waals surface area contributed by atoms with E-state index in [0.717, 1.165) is 23.9 Å². The molecule has 140 valence electrons. The first-order valence-corrected chi connectivity index (χ1v) is 9.76. The van der Waals surface area contributed by atoms with Crippen molar-refractivity contribution >= 4 is 21.7 Å². The number of likely N-dealkylation sites (N-methyl/N-ethyl adjacent to an activating group) is 1. The van der Waals surface area contributed by atoms with Gasteiger partial charge in [-0.3, -0.25) is 14.3 Å². The second-order valence-electron chi connectivity index (χ2n) is 6.13. The number of amides is 1. The number of sulfonamides is 1. The molecule has 0 aromatic carbocycles. The van der Waals surface area contributed by atoms with Gasteiger partial charge < -0.3 is 5.32 Å². The molecule has 1 heterocycles. The van der Waals surface area contributed by atoms with Gasteiger partial charge in [0.1, 0.15) is 6.54 Å². The number of nitrogens with zero attached hydrogens (tertiary/aromatic N) is 2. The summed E-state index contributed by atoms with van der Waals surface area (Å²) in [7, 11) is -2.18. The van der Waals surface area contributed by atoms with E-state index >= 15 is 0 Å². The van der Waals surface area contributed by atoms with Gasteiger partial charge in [0, 0.05) is 7.05 Å². The summed E-state index contributed by atoms with van der Waals surface area (Å²) >= 11 is 0. The molecule has 8 nitrogen and oxygen atoms in total. The number of hydrogen-bond acceptors (Lipinski definition) is 5. The van der Waals surface area contributed by atoms with E-state index in [2.05, 4.69) is 15.1 Å². The first kappa shape index (κ1) is 19.5. The zero-order valence-electron chi connectivity index (χ0n) is 14.3. The zero-order valence-corrected chi connectivity index (χ0v) is 15.2. The van der Waals surface area contributed by atoms with Crippen LogP contribution in [0.25, 0.3) is 0 Å². The van der Waals surface area contributed by atoms with E-state index in [0.29, 0.717) is 12.8 Å². The summed E-state index contributed by atoms with van der Waals surface area (Å²) in [5.74, 6) is -2.00. The summed E-state index contributed by atoms with van der Waals surface area (Å²) in [4.78, 5) is 23.6. The van der Waals surface area contributed by atoms with Crippen LogP contribution in [0, 0.1) is 12.7 Å². The van der Waals surface area contributed by atoms with Crippen molar-refractivity contribution in [3.05, 3.63) is 17.2 Å². The van der Waals surface area contributed by atoms with Crippen molar-refractivity contribution in [3.8, 4) is 0 Å². The number of carbonyl (C=O) groups excluding carboxylic acids is 2. The maximum atomic E-state index is 14.2. The van der Waals surface area contributed by atoms with E-state index in [4.69, 9.17) is 0 Å². The normalized spacial score (nSPS) is 16.0. The molecule has 0 atom stereocenters. The lowest BCUT2D eigenvalue weighted by Crippen LogP contribution is -2.38. The molecule has 0 radical (unpaired) electrons. The zero-order chi connectivity index (χ0) is 18.6. The number of carbonyl (C=O) groups is 2. The van der Waals surface area contributed by atoms with E-state index in [9.17, 15) is 22.4 Å². The Morgan fingerprint density at radius 1 is 1.28 bits per heavy atom. The van der Waals surface area contributed by atoms with E-state index in [1.54, 1.807) is 0 Å². The van der Waals surface area contributed by atoms with Crippen LogP contribution in [0.2, 0.25) is 0 Å². The van der Waals surface area contributed by atoms with Gasteiger partial charge in [0.05, 0.1) is 17.5 Å². The number of rotatable bonds is 7. The third-order valence-electron chi connectivity index (χ3n) is 4.39. The van der Waals surface area contributed by atoms with Crippen molar-refractivity contribution in [2.45, 2.75) is 50.8 Å². The topological polar surface area (TPSA) is 110 Å². The van der Waals surface area contributed by atoms with Gasteiger partial charge in [-0.1, -0.05) is 19.3 Å². The average Bonchev–Trinajstić information content (AvgIpc) is 2.89. The van der Waals surface area contributed by atoms with Crippen molar-refractivity contribution in [1.29, 1.82) is 0 Å². The van der Waals surface area contributed by atoms with Crippen LogP contribution in [-0.2, 0) is 21.4 Å². The van der Waals surface area contributed by atoms with E-state index in [1.165, 1.54) is 14.0 Å². The molecular weight excluding hydrogens is 351 g/mol. The lowest BCUT2D eigenvalue weighted by atomic mass is 10.0. The molecule has 2 N–H and O–H groups in total. The lowest BCUT2D eigenvalue weighted by molar-refractivity contribution is -0.121. The van der Waals surface area contributed by atoms with Gasteiger partial charge in [0.15, 0.2) is 11.5 Å². The monoisotopic (exact) mass is 374 g/mol. The molecule has 2 rings (SSSR count). The smallest absolute Gasteiger partial charge is 0.241 e. The molecule has 1 aromatic heterocycles. The molecule has 1 aliphatic carbocycles. The minimum Gasteiger partial charge on any atom is -0.358 e. The van der Waals surface area contributed by atoms with Crippen molar-refractivity contribution in [2.75, 3.05) is 13.6 Å². The number of Topliss-reactive ketones (excluding diaryl/α,β-unsaturated/α-hetero) is 1. The lowest BCUT2D eigenvalue weighted by Gasteiger charge is -2.21. The highest BCUT2D eigenvalue weighted by Gasteiger charge is 2.29. The molecule has 0 unspecified atom stereocenters. The molecule has 25 heavy (non-hydrogen) atoms. The molecule has 1 aromatic rings. The fraction of sp³-hybridized carbons (Fsp3) is 0.667. The summed E-state index contributed by atoms with van der Waals surface area (Å²) in [6.45, 7) is 0.626. The van der Waals surface area contributed by atoms with Crippen LogP contribution in [0.5, 0.6) is 0 Å². The quantitative estimate of drug-likeness (QED) is 0.676. The van der Waals surface area contributed by atoms with Crippen molar-refractivity contribution in [3.63, 3.8) is 0 Å². The van der Waals surface area contributed by atoms with Crippen molar-refractivity contribution < 1.29 is 22.4 Å². The number of nitrogens with one attached hydrogen (secondary N) is 2. The summed E-state index contributed by atoms with van der Waals surface area (Å²) in [5.41, 5.74) is -0.421. The van der Waals surface area contributed by atoms with Crippen LogP contribution in [0.4, 0.5) is 4.39 Å². The third kappa shape index (κ3) is 4.63.